The molecule has 6 N–H and O–H groups in total. The second kappa shape index (κ2) is 10.9. The summed E-state index contributed by atoms with van der Waals surface area (Å²) in [4.78, 5) is -0.302. The molecule has 4 rings (SSSR count). The average Bonchev–Trinajstić information content (AvgIpc) is 2.87. The molecular weight excluding hydrogens is 532 g/mol. The number of rotatable bonds is 9. The van der Waals surface area contributed by atoms with E-state index in [9.17, 15) is 16.8 Å². The summed E-state index contributed by atoms with van der Waals surface area (Å²) >= 11 is 6.16. The normalized spacial score (nSPS) is 11.9. The van der Waals surface area contributed by atoms with Gasteiger partial charge in [-0.3, -0.25) is 0 Å². The number of benzene rings is 4. The molecule has 0 bridgehead atoms. The minimum atomic E-state index is -4.11. The van der Waals surface area contributed by atoms with Gasteiger partial charge < -0.3 is 11.5 Å². The Morgan fingerprint density at radius 3 is 2.19 bits per heavy atom. The van der Waals surface area contributed by atoms with Crippen molar-refractivity contribution in [2.75, 3.05) is 11.5 Å². The molecule has 0 heterocycles. The van der Waals surface area contributed by atoms with E-state index in [1.165, 1.54) is 30.3 Å². The maximum atomic E-state index is 13.3. The van der Waals surface area contributed by atoms with Crippen LogP contribution in [-0.4, -0.2) is 16.8 Å². The Kier molecular flexibility index (Phi) is 7.86. The lowest BCUT2D eigenvalue weighted by Crippen LogP contribution is -2.24. The van der Waals surface area contributed by atoms with Crippen LogP contribution >= 0.6 is 11.6 Å². The zero-order valence-electron chi connectivity index (χ0n) is 19.5. The highest BCUT2D eigenvalue weighted by molar-refractivity contribution is 7.89. The summed E-state index contributed by atoms with van der Waals surface area (Å²) in [5.41, 5.74) is 14.1. The van der Waals surface area contributed by atoms with Crippen molar-refractivity contribution >= 4 is 43.0 Å². The molecule has 0 saturated heterocycles. The highest BCUT2D eigenvalue weighted by atomic mass is 35.5. The maximum absolute atomic E-state index is 13.3. The second-order valence-corrected chi connectivity index (χ2v) is 12.1. The summed E-state index contributed by atoms with van der Waals surface area (Å²) < 4.78 is 57.8. The molecule has 37 heavy (non-hydrogen) atoms. The first-order chi connectivity index (χ1) is 17.6. The lowest BCUT2D eigenvalue weighted by atomic mass is 10.0. The van der Waals surface area contributed by atoms with Crippen LogP contribution in [0.3, 0.4) is 0 Å². The van der Waals surface area contributed by atoms with Gasteiger partial charge in [0, 0.05) is 35.1 Å². The standard InChI is InChI=1S/C26H24ClN4O4S2/c27-23-10-5-4-9-19(23)17-31-37(34,35)25-12-6-11-24(29)26(25)20-13-21(28)15-22(14-20)36(32,33)30-16-18-7-2-1-3-8-18/h1-5,7-15,30-31H,16-17,28-29H2. The molecule has 0 aliphatic rings. The Balaban J connectivity index is 1.70. The number of hydrogen-bond acceptors (Lipinski definition) is 6. The molecule has 0 fully saturated rings. The van der Waals surface area contributed by atoms with Crippen molar-refractivity contribution in [1.82, 2.24) is 9.44 Å². The Hall–Kier alpha value is -3.41. The van der Waals surface area contributed by atoms with Crippen molar-refractivity contribution in [2.24, 2.45) is 0 Å². The fourth-order valence-electron chi connectivity index (χ4n) is 3.69. The van der Waals surface area contributed by atoms with Gasteiger partial charge >= 0.3 is 0 Å². The fourth-order valence-corrected chi connectivity index (χ4v) is 6.21. The van der Waals surface area contributed by atoms with Crippen molar-refractivity contribution in [3.05, 3.63) is 107 Å². The molecule has 0 amide bonds. The summed E-state index contributed by atoms with van der Waals surface area (Å²) in [6.07, 6.45) is 0. The van der Waals surface area contributed by atoms with E-state index in [1.54, 1.807) is 48.5 Å². The lowest BCUT2D eigenvalue weighted by molar-refractivity contribution is 0.580. The van der Waals surface area contributed by atoms with Gasteiger partial charge in [0.25, 0.3) is 0 Å². The SMILES string of the molecule is Nc1cc(-c2c(N)c[c]cc2S(=O)(=O)NCc2ccccc2Cl)cc(S(=O)(=O)NCc2ccccc2)c1. The van der Waals surface area contributed by atoms with E-state index in [0.29, 0.717) is 10.6 Å². The molecular formula is C26H24ClN4O4S2. The smallest absolute Gasteiger partial charge is 0.241 e. The van der Waals surface area contributed by atoms with E-state index in [-0.39, 0.29) is 45.4 Å². The van der Waals surface area contributed by atoms with E-state index in [4.69, 9.17) is 23.1 Å². The van der Waals surface area contributed by atoms with Crippen molar-refractivity contribution in [3.63, 3.8) is 0 Å². The first kappa shape index (κ1) is 26.6. The summed E-state index contributed by atoms with van der Waals surface area (Å²) in [6.45, 7) is 0.0115. The van der Waals surface area contributed by atoms with Crippen LogP contribution in [0.2, 0.25) is 5.02 Å². The third kappa shape index (κ3) is 6.30. The van der Waals surface area contributed by atoms with Crippen LogP contribution in [-0.2, 0) is 33.1 Å². The zero-order chi connectivity index (χ0) is 26.6. The predicted octanol–water partition coefficient (Wildman–Crippen LogP) is 3.93. The first-order valence-electron chi connectivity index (χ1n) is 11.0. The van der Waals surface area contributed by atoms with Crippen LogP contribution in [0.25, 0.3) is 11.1 Å². The maximum Gasteiger partial charge on any atom is 0.241 e. The highest BCUT2D eigenvalue weighted by Crippen LogP contribution is 2.35. The molecule has 4 aromatic rings. The molecule has 4 aromatic carbocycles. The topological polar surface area (TPSA) is 144 Å². The molecule has 0 unspecified atom stereocenters. The van der Waals surface area contributed by atoms with Crippen molar-refractivity contribution in [2.45, 2.75) is 22.9 Å². The van der Waals surface area contributed by atoms with Crippen LogP contribution in [0.4, 0.5) is 11.4 Å². The summed E-state index contributed by atoms with van der Waals surface area (Å²) in [5, 5.41) is 0.415. The quantitative estimate of drug-likeness (QED) is 0.230. The van der Waals surface area contributed by atoms with Crippen LogP contribution < -0.4 is 20.9 Å². The second-order valence-electron chi connectivity index (χ2n) is 8.17. The third-order valence-electron chi connectivity index (χ3n) is 5.53. The predicted molar refractivity (Wildman–Crippen MR) is 145 cm³/mol. The Morgan fingerprint density at radius 1 is 0.784 bits per heavy atom. The number of nitrogens with one attached hydrogen (secondary N) is 2. The minimum Gasteiger partial charge on any atom is -0.399 e. The first-order valence-corrected chi connectivity index (χ1v) is 14.4. The van der Waals surface area contributed by atoms with Crippen LogP contribution in [0.5, 0.6) is 0 Å². The van der Waals surface area contributed by atoms with Gasteiger partial charge in [-0.15, -0.1) is 0 Å². The zero-order valence-corrected chi connectivity index (χ0v) is 21.9. The van der Waals surface area contributed by atoms with Gasteiger partial charge in [-0.1, -0.05) is 60.1 Å². The third-order valence-corrected chi connectivity index (χ3v) is 8.70. The van der Waals surface area contributed by atoms with E-state index in [2.05, 4.69) is 15.5 Å². The minimum absolute atomic E-state index is 0.0593. The van der Waals surface area contributed by atoms with Gasteiger partial charge in [-0.25, -0.2) is 26.3 Å². The number of anilines is 2. The van der Waals surface area contributed by atoms with Gasteiger partial charge in [0.15, 0.2) is 0 Å². The van der Waals surface area contributed by atoms with Crippen LogP contribution in [0.15, 0.2) is 94.7 Å². The summed E-state index contributed by atoms with van der Waals surface area (Å²) in [6, 6.07) is 25.4. The molecule has 11 heteroatoms. The van der Waals surface area contributed by atoms with Crippen LogP contribution in [0, 0.1) is 6.07 Å². The molecule has 0 aliphatic heterocycles. The van der Waals surface area contributed by atoms with Crippen LogP contribution in [0.1, 0.15) is 11.1 Å². The molecule has 0 spiro atoms. The average molecular weight is 556 g/mol. The van der Waals surface area contributed by atoms with E-state index in [0.717, 1.165) is 5.56 Å². The van der Waals surface area contributed by atoms with Gasteiger partial charge in [0.2, 0.25) is 20.0 Å². The number of halogens is 1. The Bertz CT molecular complexity index is 1640. The molecule has 1 radical (unpaired) electrons. The molecule has 0 aliphatic carbocycles. The van der Waals surface area contributed by atoms with Gasteiger partial charge in [-0.05, 0) is 59.2 Å². The number of nitrogen functional groups attached to an aromatic ring is 2. The summed E-state index contributed by atoms with van der Waals surface area (Å²) in [7, 11) is -8.09. The van der Waals surface area contributed by atoms with Crippen molar-refractivity contribution in [1.29, 1.82) is 0 Å². The number of hydrogen-bond donors (Lipinski definition) is 4. The van der Waals surface area contributed by atoms with E-state index in [1.807, 2.05) is 6.07 Å². The van der Waals surface area contributed by atoms with Gasteiger partial charge in [0.05, 0.1) is 9.79 Å². The summed E-state index contributed by atoms with van der Waals surface area (Å²) in [5.74, 6) is 0. The van der Waals surface area contributed by atoms with Gasteiger partial charge in [0.1, 0.15) is 0 Å². The number of nitrogens with two attached hydrogens (primary N) is 2. The molecule has 0 saturated carbocycles. The van der Waals surface area contributed by atoms with Crippen molar-refractivity contribution in [3.8, 4) is 11.1 Å². The monoisotopic (exact) mass is 555 g/mol. The molecule has 8 nitrogen and oxygen atoms in total. The largest absolute Gasteiger partial charge is 0.399 e. The van der Waals surface area contributed by atoms with E-state index >= 15 is 0 Å². The lowest BCUT2D eigenvalue weighted by Gasteiger charge is -2.16. The molecule has 191 valence electrons. The van der Waals surface area contributed by atoms with Gasteiger partial charge in [-0.2, -0.15) is 0 Å². The highest BCUT2D eigenvalue weighted by Gasteiger charge is 2.24. The van der Waals surface area contributed by atoms with E-state index < -0.39 is 20.0 Å². The Labute approximate surface area is 221 Å². The molecule has 0 aromatic heterocycles. The Morgan fingerprint density at radius 2 is 1.46 bits per heavy atom. The number of sulfonamides is 2. The molecule has 0 atom stereocenters. The fraction of sp³-hybridized carbons (Fsp3) is 0.0769. The van der Waals surface area contributed by atoms with Crippen molar-refractivity contribution < 1.29 is 16.8 Å².